The average molecular weight is 442 g/mol. The van der Waals surface area contributed by atoms with E-state index in [2.05, 4.69) is 4.18 Å². The maximum Gasteiger partial charge on any atom is 0.534 e. The Balaban J connectivity index is 2.17. The fourth-order valence-electron chi connectivity index (χ4n) is 1.97. The van der Waals surface area contributed by atoms with Crippen molar-refractivity contribution in [3.05, 3.63) is 40.0 Å². The van der Waals surface area contributed by atoms with Gasteiger partial charge in [0.1, 0.15) is 9.15 Å². The first-order valence-corrected chi connectivity index (χ1v) is 8.30. The standard InChI is InChI=1S/C13H6F3IO4S/c14-13(15,16)22(18,19)21-10-6-5-8-7-3-1-2-4-9(7)20-12(8)11(10)17/h1-6H. The zero-order valence-electron chi connectivity index (χ0n) is 10.5. The van der Waals surface area contributed by atoms with E-state index in [4.69, 9.17) is 4.42 Å². The van der Waals surface area contributed by atoms with Crippen molar-refractivity contribution in [3.8, 4) is 5.75 Å². The van der Waals surface area contributed by atoms with Crippen molar-refractivity contribution in [1.29, 1.82) is 0 Å². The molecule has 116 valence electrons. The first-order chi connectivity index (χ1) is 10.2. The second-order valence-electron chi connectivity index (χ2n) is 4.34. The van der Waals surface area contributed by atoms with Crippen molar-refractivity contribution in [2.24, 2.45) is 0 Å². The molecule has 0 saturated heterocycles. The minimum absolute atomic E-state index is 0.152. The van der Waals surface area contributed by atoms with E-state index in [1.54, 1.807) is 46.9 Å². The van der Waals surface area contributed by atoms with Crippen molar-refractivity contribution in [2.75, 3.05) is 0 Å². The number of para-hydroxylation sites is 1. The number of furan rings is 1. The molecule has 0 unspecified atom stereocenters. The molecule has 0 bridgehead atoms. The highest BCUT2D eigenvalue weighted by molar-refractivity contribution is 14.1. The first-order valence-electron chi connectivity index (χ1n) is 5.81. The van der Waals surface area contributed by atoms with Crippen molar-refractivity contribution in [2.45, 2.75) is 5.51 Å². The van der Waals surface area contributed by atoms with E-state index >= 15 is 0 Å². The minimum atomic E-state index is -5.72. The third kappa shape index (κ3) is 2.41. The number of rotatable bonds is 2. The largest absolute Gasteiger partial charge is 0.534 e. The highest BCUT2D eigenvalue weighted by Crippen LogP contribution is 2.37. The molecule has 0 fully saturated rings. The van der Waals surface area contributed by atoms with E-state index in [9.17, 15) is 21.6 Å². The zero-order valence-corrected chi connectivity index (χ0v) is 13.5. The molecule has 0 aliphatic rings. The number of alkyl halides is 3. The zero-order chi connectivity index (χ0) is 16.1. The third-order valence-corrected chi connectivity index (χ3v) is 4.92. The fourth-order valence-corrected chi connectivity index (χ4v) is 3.28. The van der Waals surface area contributed by atoms with Gasteiger partial charge in [0.15, 0.2) is 11.3 Å². The summed E-state index contributed by atoms with van der Waals surface area (Å²) in [7, 11) is -5.72. The van der Waals surface area contributed by atoms with Crippen LogP contribution in [0.4, 0.5) is 13.2 Å². The lowest BCUT2D eigenvalue weighted by Gasteiger charge is -2.10. The Hall–Kier alpha value is -1.49. The van der Waals surface area contributed by atoms with Crippen LogP contribution in [0, 0.1) is 3.57 Å². The lowest BCUT2D eigenvalue weighted by molar-refractivity contribution is -0.0500. The van der Waals surface area contributed by atoms with Gasteiger partial charge in [0.2, 0.25) is 0 Å². The van der Waals surface area contributed by atoms with E-state index in [1.807, 2.05) is 0 Å². The Morgan fingerprint density at radius 2 is 1.73 bits per heavy atom. The van der Waals surface area contributed by atoms with Crippen LogP contribution >= 0.6 is 22.6 Å². The van der Waals surface area contributed by atoms with Crippen LogP contribution in [0.1, 0.15) is 0 Å². The van der Waals surface area contributed by atoms with E-state index in [0.717, 1.165) is 5.39 Å². The predicted molar refractivity (Wildman–Crippen MR) is 82.0 cm³/mol. The van der Waals surface area contributed by atoms with E-state index in [-0.39, 0.29) is 9.15 Å². The monoisotopic (exact) mass is 442 g/mol. The Morgan fingerprint density at radius 3 is 2.41 bits per heavy atom. The predicted octanol–water partition coefficient (Wildman–Crippen LogP) is 4.42. The molecule has 0 saturated carbocycles. The average Bonchev–Trinajstić information content (AvgIpc) is 2.80. The highest BCUT2D eigenvalue weighted by atomic mass is 127. The number of halogens is 4. The Kier molecular flexibility index (Phi) is 3.51. The van der Waals surface area contributed by atoms with Crippen molar-refractivity contribution < 1.29 is 30.2 Å². The summed E-state index contributed by atoms with van der Waals surface area (Å²) in [6.07, 6.45) is 0. The second kappa shape index (κ2) is 5.01. The topological polar surface area (TPSA) is 56.5 Å². The summed E-state index contributed by atoms with van der Waals surface area (Å²) in [5.74, 6) is -0.426. The molecule has 0 aliphatic carbocycles. The molecule has 0 spiro atoms. The first kappa shape index (κ1) is 15.4. The lowest BCUT2D eigenvalue weighted by Crippen LogP contribution is -2.28. The molecule has 0 radical (unpaired) electrons. The van der Waals surface area contributed by atoms with Crippen LogP contribution in [0.2, 0.25) is 0 Å². The summed E-state index contributed by atoms with van der Waals surface area (Å²) in [6, 6.07) is 9.69. The molecule has 0 atom stereocenters. The molecular weight excluding hydrogens is 436 g/mol. The van der Waals surface area contributed by atoms with Crippen LogP contribution < -0.4 is 4.18 Å². The van der Waals surface area contributed by atoms with Gasteiger partial charge in [0.05, 0.1) is 0 Å². The molecule has 22 heavy (non-hydrogen) atoms. The quantitative estimate of drug-likeness (QED) is 0.335. The van der Waals surface area contributed by atoms with Gasteiger partial charge in [-0.15, -0.1) is 0 Å². The maximum absolute atomic E-state index is 12.4. The van der Waals surface area contributed by atoms with Gasteiger partial charge in [0, 0.05) is 10.8 Å². The molecule has 1 heterocycles. The number of hydrogen-bond donors (Lipinski definition) is 0. The molecule has 1 aromatic heterocycles. The Morgan fingerprint density at radius 1 is 1.05 bits per heavy atom. The third-order valence-electron chi connectivity index (χ3n) is 2.93. The summed E-state index contributed by atoms with van der Waals surface area (Å²) in [6.45, 7) is 0. The van der Waals surface area contributed by atoms with Crippen LogP contribution in [0.5, 0.6) is 5.75 Å². The van der Waals surface area contributed by atoms with Crippen LogP contribution in [-0.4, -0.2) is 13.9 Å². The van der Waals surface area contributed by atoms with Gasteiger partial charge in [-0.1, -0.05) is 18.2 Å². The van der Waals surface area contributed by atoms with Gasteiger partial charge in [-0.3, -0.25) is 0 Å². The smallest absolute Gasteiger partial charge is 0.455 e. The summed E-state index contributed by atoms with van der Waals surface area (Å²) < 4.78 is 69.3. The summed E-state index contributed by atoms with van der Waals surface area (Å²) in [4.78, 5) is 0. The van der Waals surface area contributed by atoms with E-state index in [1.165, 1.54) is 12.1 Å². The molecule has 3 rings (SSSR count). The normalized spacial score (nSPS) is 12.9. The van der Waals surface area contributed by atoms with E-state index in [0.29, 0.717) is 11.0 Å². The van der Waals surface area contributed by atoms with Gasteiger partial charge in [-0.25, -0.2) is 0 Å². The molecule has 2 aromatic carbocycles. The SMILES string of the molecule is O=S(=O)(Oc1ccc2c(oc3ccccc32)c1I)C(F)(F)F. The second-order valence-corrected chi connectivity index (χ2v) is 6.95. The van der Waals surface area contributed by atoms with Crippen molar-refractivity contribution in [1.82, 2.24) is 0 Å². The summed E-state index contributed by atoms with van der Waals surface area (Å²) >= 11 is 1.69. The van der Waals surface area contributed by atoms with Crippen molar-refractivity contribution >= 4 is 54.6 Å². The van der Waals surface area contributed by atoms with Crippen LogP contribution in [-0.2, 0) is 10.1 Å². The van der Waals surface area contributed by atoms with Crippen LogP contribution in [0.3, 0.4) is 0 Å². The number of benzene rings is 2. The van der Waals surface area contributed by atoms with Crippen LogP contribution in [0.25, 0.3) is 21.9 Å². The van der Waals surface area contributed by atoms with Gasteiger partial charge in [0.25, 0.3) is 0 Å². The lowest BCUT2D eigenvalue weighted by atomic mass is 10.1. The fraction of sp³-hybridized carbons (Fsp3) is 0.0769. The summed E-state index contributed by atoms with van der Waals surface area (Å²) in [5.41, 5.74) is -4.67. The molecule has 0 N–H and O–H groups in total. The van der Waals surface area contributed by atoms with Crippen molar-refractivity contribution in [3.63, 3.8) is 0 Å². The Bertz CT molecular complexity index is 976. The van der Waals surface area contributed by atoms with E-state index < -0.39 is 21.4 Å². The summed E-state index contributed by atoms with van der Waals surface area (Å²) in [5, 5.41) is 1.44. The maximum atomic E-state index is 12.4. The van der Waals surface area contributed by atoms with Gasteiger partial charge < -0.3 is 8.60 Å². The highest BCUT2D eigenvalue weighted by Gasteiger charge is 2.48. The molecular formula is C13H6F3IO4S. The minimum Gasteiger partial charge on any atom is -0.455 e. The van der Waals surface area contributed by atoms with Gasteiger partial charge >= 0.3 is 15.6 Å². The van der Waals surface area contributed by atoms with Crippen LogP contribution in [0.15, 0.2) is 40.8 Å². The molecule has 0 aliphatic heterocycles. The molecule has 3 aromatic rings. The molecule has 4 nitrogen and oxygen atoms in total. The van der Waals surface area contributed by atoms with Gasteiger partial charge in [-0.2, -0.15) is 21.6 Å². The molecule has 9 heteroatoms. The Labute approximate surface area is 136 Å². The molecule has 0 amide bonds. The number of hydrogen-bond acceptors (Lipinski definition) is 4. The van der Waals surface area contributed by atoms with Gasteiger partial charge in [-0.05, 0) is 40.8 Å². The number of fused-ring (bicyclic) bond motifs is 3.